The van der Waals surface area contributed by atoms with Crippen molar-refractivity contribution in [2.75, 3.05) is 32.2 Å². The number of piperidine rings is 1. The first-order chi connectivity index (χ1) is 14.1. The van der Waals surface area contributed by atoms with Crippen molar-refractivity contribution in [3.63, 3.8) is 0 Å². The maximum atomic E-state index is 9.85. The number of rotatable bonds is 5. The van der Waals surface area contributed by atoms with E-state index < -0.39 is 0 Å². The summed E-state index contributed by atoms with van der Waals surface area (Å²) in [4.78, 5) is 2.47. The minimum absolute atomic E-state index is 0.0909. The number of aryl methyl sites for hydroxylation is 1. The van der Waals surface area contributed by atoms with Crippen LogP contribution in [-0.4, -0.2) is 38.7 Å². The van der Waals surface area contributed by atoms with Crippen LogP contribution >= 0.6 is 0 Å². The molecule has 2 atom stereocenters. The summed E-state index contributed by atoms with van der Waals surface area (Å²) in [5.74, 6) is 1.86. The Kier molecular flexibility index (Phi) is 6.12. The van der Waals surface area contributed by atoms with Gasteiger partial charge in [-0.15, -0.1) is 0 Å². The standard InChI is InChI=1S/C25H33NO3/c1-17-4-5-20-16-22(27)10-11-23(20)24(17)18-6-8-21(9-7-18)26-14-12-19(13-15-26)25(28-2)29-3/h6-11,16-17,19,24-25,27H,4-5,12-15H2,1-3H3/t17-,24+/m1/s1. The summed E-state index contributed by atoms with van der Waals surface area (Å²) in [6.45, 7) is 4.42. The Morgan fingerprint density at radius 3 is 2.31 bits per heavy atom. The number of ether oxygens (including phenoxy) is 2. The summed E-state index contributed by atoms with van der Waals surface area (Å²) >= 11 is 0. The van der Waals surface area contributed by atoms with E-state index in [4.69, 9.17) is 9.47 Å². The normalized spacial score (nSPS) is 22.7. The second-order valence-corrected chi connectivity index (χ2v) is 8.63. The van der Waals surface area contributed by atoms with Crippen LogP contribution in [0, 0.1) is 11.8 Å². The monoisotopic (exact) mass is 395 g/mol. The smallest absolute Gasteiger partial charge is 0.159 e. The molecule has 4 heteroatoms. The zero-order valence-corrected chi connectivity index (χ0v) is 17.8. The first kappa shape index (κ1) is 20.2. The number of methoxy groups -OCH3 is 2. The third-order valence-corrected chi connectivity index (χ3v) is 6.91. The number of benzene rings is 2. The molecule has 1 N–H and O–H groups in total. The summed E-state index contributed by atoms with van der Waals surface area (Å²) in [5.41, 5.74) is 5.35. The van der Waals surface area contributed by atoms with E-state index in [0.29, 0.717) is 23.5 Å². The Labute approximate surface area is 174 Å². The van der Waals surface area contributed by atoms with Crippen molar-refractivity contribution in [3.05, 3.63) is 59.2 Å². The van der Waals surface area contributed by atoms with Crippen molar-refractivity contribution in [1.29, 1.82) is 0 Å². The van der Waals surface area contributed by atoms with Gasteiger partial charge in [-0.3, -0.25) is 0 Å². The summed E-state index contributed by atoms with van der Waals surface area (Å²) in [7, 11) is 3.45. The second kappa shape index (κ2) is 8.76. The van der Waals surface area contributed by atoms with E-state index in [-0.39, 0.29) is 6.29 Å². The van der Waals surface area contributed by atoms with E-state index in [1.807, 2.05) is 12.1 Å². The van der Waals surface area contributed by atoms with Crippen molar-refractivity contribution in [1.82, 2.24) is 0 Å². The maximum absolute atomic E-state index is 9.85. The van der Waals surface area contributed by atoms with Crippen molar-refractivity contribution < 1.29 is 14.6 Å². The van der Waals surface area contributed by atoms with Crippen LogP contribution < -0.4 is 4.90 Å². The molecule has 2 aliphatic rings. The molecule has 4 nitrogen and oxygen atoms in total. The predicted molar refractivity (Wildman–Crippen MR) is 117 cm³/mol. The lowest BCUT2D eigenvalue weighted by Crippen LogP contribution is -2.39. The first-order valence-electron chi connectivity index (χ1n) is 10.8. The van der Waals surface area contributed by atoms with Gasteiger partial charge < -0.3 is 19.5 Å². The van der Waals surface area contributed by atoms with Crippen molar-refractivity contribution >= 4 is 5.69 Å². The van der Waals surface area contributed by atoms with Gasteiger partial charge in [-0.2, -0.15) is 0 Å². The number of aromatic hydroxyl groups is 1. The molecule has 156 valence electrons. The average molecular weight is 396 g/mol. The number of phenols is 1. The number of hydrogen-bond donors (Lipinski definition) is 1. The van der Waals surface area contributed by atoms with Gasteiger partial charge in [0.05, 0.1) is 0 Å². The molecule has 0 aromatic heterocycles. The van der Waals surface area contributed by atoms with Gasteiger partial charge in [0.15, 0.2) is 6.29 Å². The Morgan fingerprint density at radius 1 is 0.966 bits per heavy atom. The van der Waals surface area contributed by atoms with Gasteiger partial charge in [0, 0.05) is 44.8 Å². The Morgan fingerprint density at radius 2 is 1.66 bits per heavy atom. The molecule has 1 saturated heterocycles. The van der Waals surface area contributed by atoms with Gasteiger partial charge in [0.1, 0.15) is 5.75 Å². The molecule has 1 aliphatic carbocycles. The fourth-order valence-corrected chi connectivity index (χ4v) is 5.28. The lowest BCUT2D eigenvalue weighted by Gasteiger charge is -2.36. The molecule has 4 rings (SSSR count). The molecular formula is C25H33NO3. The third kappa shape index (κ3) is 4.15. The van der Waals surface area contributed by atoms with Crippen molar-refractivity contribution in [2.24, 2.45) is 11.8 Å². The van der Waals surface area contributed by atoms with Crippen LogP contribution in [0.1, 0.15) is 48.8 Å². The van der Waals surface area contributed by atoms with Crippen molar-refractivity contribution in [3.8, 4) is 5.75 Å². The van der Waals surface area contributed by atoms with Gasteiger partial charge in [-0.1, -0.05) is 25.1 Å². The molecular weight excluding hydrogens is 362 g/mol. The van der Waals surface area contributed by atoms with Crippen molar-refractivity contribution in [2.45, 2.75) is 44.8 Å². The molecule has 1 fully saturated rings. The number of anilines is 1. The summed E-state index contributed by atoms with van der Waals surface area (Å²) < 4.78 is 10.9. The highest BCUT2D eigenvalue weighted by molar-refractivity contribution is 5.51. The summed E-state index contributed by atoms with van der Waals surface area (Å²) in [6, 6.07) is 15.1. The molecule has 1 aliphatic heterocycles. The first-order valence-corrected chi connectivity index (χ1v) is 10.8. The highest BCUT2D eigenvalue weighted by Crippen LogP contribution is 2.42. The van der Waals surface area contributed by atoms with Crippen LogP contribution in [0.2, 0.25) is 0 Å². The molecule has 0 amide bonds. The SMILES string of the molecule is COC(OC)C1CCN(c2ccc([C@H]3c4ccc(O)cc4CC[C@H]3C)cc2)CC1. The van der Waals surface area contributed by atoms with Gasteiger partial charge in [-0.25, -0.2) is 0 Å². The summed E-state index contributed by atoms with van der Waals surface area (Å²) in [5, 5.41) is 9.85. The second-order valence-electron chi connectivity index (χ2n) is 8.63. The topological polar surface area (TPSA) is 41.9 Å². The molecule has 0 bridgehead atoms. The largest absolute Gasteiger partial charge is 0.508 e. The average Bonchev–Trinajstić information content (AvgIpc) is 2.75. The minimum Gasteiger partial charge on any atom is -0.508 e. The van der Waals surface area contributed by atoms with E-state index in [0.717, 1.165) is 38.8 Å². The van der Waals surface area contributed by atoms with Gasteiger partial charge in [0.2, 0.25) is 0 Å². The Balaban J connectivity index is 1.48. The fraction of sp³-hybridized carbons (Fsp3) is 0.520. The van der Waals surface area contributed by atoms with Crippen LogP contribution in [0.5, 0.6) is 5.75 Å². The third-order valence-electron chi connectivity index (χ3n) is 6.91. The molecule has 0 spiro atoms. The number of nitrogens with zero attached hydrogens (tertiary/aromatic N) is 1. The van der Waals surface area contributed by atoms with E-state index in [2.05, 4.69) is 42.2 Å². The van der Waals surface area contributed by atoms with E-state index >= 15 is 0 Å². The van der Waals surface area contributed by atoms with Gasteiger partial charge in [0.25, 0.3) is 0 Å². The minimum atomic E-state index is -0.0909. The lowest BCUT2D eigenvalue weighted by molar-refractivity contribution is -0.141. The number of fused-ring (bicyclic) bond motifs is 1. The lowest BCUT2D eigenvalue weighted by atomic mass is 9.72. The maximum Gasteiger partial charge on any atom is 0.159 e. The molecule has 29 heavy (non-hydrogen) atoms. The van der Waals surface area contributed by atoms with E-state index in [1.54, 1.807) is 14.2 Å². The van der Waals surface area contributed by atoms with E-state index in [9.17, 15) is 5.11 Å². The zero-order valence-electron chi connectivity index (χ0n) is 17.8. The van der Waals surface area contributed by atoms with Crippen LogP contribution in [0.3, 0.4) is 0 Å². The Bertz CT molecular complexity index is 807. The number of hydrogen-bond acceptors (Lipinski definition) is 4. The zero-order chi connectivity index (χ0) is 20.4. The molecule has 0 unspecified atom stereocenters. The highest BCUT2D eigenvalue weighted by Gasteiger charge is 2.29. The van der Waals surface area contributed by atoms with Gasteiger partial charge in [-0.05, 0) is 72.6 Å². The predicted octanol–water partition coefficient (Wildman–Crippen LogP) is 4.94. The van der Waals surface area contributed by atoms with Crippen LogP contribution in [-0.2, 0) is 15.9 Å². The number of phenolic OH excluding ortho intramolecular Hbond substituents is 1. The molecule has 1 heterocycles. The van der Waals surface area contributed by atoms with Crippen LogP contribution in [0.25, 0.3) is 0 Å². The molecule has 2 aromatic rings. The highest BCUT2D eigenvalue weighted by atomic mass is 16.7. The molecule has 2 aromatic carbocycles. The Hall–Kier alpha value is -2.04. The van der Waals surface area contributed by atoms with Gasteiger partial charge >= 0.3 is 0 Å². The van der Waals surface area contributed by atoms with E-state index in [1.165, 1.54) is 22.4 Å². The molecule has 0 radical (unpaired) electrons. The fourth-order valence-electron chi connectivity index (χ4n) is 5.28. The van der Waals surface area contributed by atoms with Crippen LogP contribution in [0.4, 0.5) is 5.69 Å². The van der Waals surface area contributed by atoms with Crippen LogP contribution in [0.15, 0.2) is 42.5 Å². The summed E-state index contributed by atoms with van der Waals surface area (Å²) in [6.07, 6.45) is 4.30. The molecule has 0 saturated carbocycles. The quantitative estimate of drug-likeness (QED) is 0.728.